The number of anilines is 1. The van der Waals surface area contributed by atoms with Gasteiger partial charge < -0.3 is 10.1 Å². The molecule has 1 amide bonds. The van der Waals surface area contributed by atoms with Gasteiger partial charge >= 0.3 is 5.97 Å². The predicted octanol–water partition coefficient (Wildman–Crippen LogP) is 2.98. The van der Waals surface area contributed by atoms with E-state index in [1.807, 2.05) is 0 Å². The first-order valence-corrected chi connectivity index (χ1v) is 8.52. The summed E-state index contributed by atoms with van der Waals surface area (Å²) in [5.74, 6) is -1.43. The van der Waals surface area contributed by atoms with Gasteiger partial charge in [0.05, 0.1) is 29.0 Å². The third-order valence-corrected chi connectivity index (χ3v) is 4.18. The van der Waals surface area contributed by atoms with Crippen molar-refractivity contribution in [3.05, 3.63) is 74.8 Å². The van der Waals surface area contributed by atoms with Gasteiger partial charge in [-0.15, -0.1) is 0 Å². The molecule has 0 fully saturated rings. The Bertz CT molecular complexity index is 1070. The fraction of sp³-hybridized carbons (Fsp3) is 0.0588. The number of hydrogen-bond acceptors (Lipinski definition) is 7. The van der Waals surface area contributed by atoms with Gasteiger partial charge in [0.25, 0.3) is 11.6 Å². The number of carbonyl (C=O) groups excluding carboxylic acids is 2. The van der Waals surface area contributed by atoms with Crippen molar-refractivity contribution in [2.45, 2.75) is 0 Å². The number of aromatic nitrogens is 3. The molecule has 0 atom stereocenters. The van der Waals surface area contributed by atoms with Crippen LogP contribution in [0.15, 0.2) is 53.5 Å². The van der Waals surface area contributed by atoms with Gasteiger partial charge in [-0.05, 0) is 24.3 Å². The molecule has 3 aromatic rings. The van der Waals surface area contributed by atoms with Crippen molar-refractivity contribution in [3.63, 3.8) is 0 Å². The maximum Gasteiger partial charge on any atom is 0.338 e. The fourth-order valence-electron chi connectivity index (χ4n) is 2.42. The van der Waals surface area contributed by atoms with E-state index >= 15 is 0 Å². The lowest BCUT2D eigenvalue weighted by Crippen LogP contribution is -2.15. The van der Waals surface area contributed by atoms with Gasteiger partial charge in [0.1, 0.15) is 12.7 Å². The van der Waals surface area contributed by atoms with Crippen molar-refractivity contribution in [1.82, 2.24) is 14.8 Å². The normalized spacial score (nSPS) is 10.4. The van der Waals surface area contributed by atoms with E-state index in [0.29, 0.717) is 15.8 Å². The number of hydrogen-bond donors (Lipinski definition) is 1. The van der Waals surface area contributed by atoms with Crippen LogP contribution in [0.1, 0.15) is 20.7 Å². The molecule has 11 heteroatoms. The Morgan fingerprint density at radius 3 is 2.61 bits per heavy atom. The Morgan fingerprint density at radius 1 is 1.21 bits per heavy atom. The molecule has 1 aromatic heterocycles. The number of nitrogens with zero attached hydrogens (tertiary/aromatic N) is 4. The number of nitrogens with one attached hydrogen (secondary N) is 1. The van der Waals surface area contributed by atoms with E-state index in [9.17, 15) is 19.7 Å². The molecule has 142 valence electrons. The first-order chi connectivity index (χ1) is 13.4. The van der Waals surface area contributed by atoms with Crippen LogP contribution in [-0.2, 0) is 4.74 Å². The molecule has 10 nitrogen and oxygen atoms in total. The minimum absolute atomic E-state index is 0.0703. The molecule has 0 aliphatic rings. The lowest BCUT2D eigenvalue weighted by molar-refractivity contribution is -0.384. The monoisotopic (exact) mass is 445 g/mol. The van der Waals surface area contributed by atoms with Gasteiger partial charge in [-0.3, -0.25) is 14.9 Å². The number of amides is 1. The van der Waals surface area contributed by atoms with Gasteiger partial charge in [-0.1, -0.05) is 15.9 Å². The van der Waals surface area contributed by atoms with Crippen molar-refractivity contribution in [2.75, 3.05) is 12.4 Å². The van der Waals surface area contributed by atoms with Gasteiger partial charge in [-0.25, -0.2) is 14.5 Å². The molecule has 0 unspecified atom stereocenters. The summed E-state index contributed by atoms with van der Waals surface area (Å²) in [5, 5.41) is 17.9. The van der Waals surface area contributed by atoms with Gasteiger partial charge in [0.2, 0.25) is 0 Å². The summed E-state index contributed by atoms with van der Waals surface area (Å²) < 4.78 is 6.74. The Balaban J connectivity index is 2.00. The minimum atomic E-state index is -0.788. The number of carbonyl (C=O) groups is 2. The van der Waals surface area contributed by atoms with Gasteiger partial charge in [0, 0.05) is 22.2 Å². The van der Waals surface area contributed by atoms with Crippen molar-refractivity contribution >= 4 is 39.2 Å². The molecule has 0 radical (unpaired) electrons. The van der Waals surface area contributed by atoms with Crippen molar-refractivity contribution in [2.24, 2.45) is 0 Å². The van der Waals surface area contributed by atoms with E-state index < -0.39 is 22.5 Å². The molecule has 2 aromatic carbocycles. The third-order valence-electron chi connectivity index (χ3n) is 3.68. The third kappa shape index (κ3) is 4.04. The molecular weight excluding hydrogens is 434 g/mol. The number of non-ortho nitro benzene ring substituents is 1. The molecule has 3 rings (SSSR count). The zero-order valence-electron chi connectivity index (χ0n) is 14.3. The summed E-state index contributed by atoms with van der Waals surface area (Å²) in [6, 6.07) is 8.46. The standard InChI is InChI=1S/C17H12BrN5O5/c1-28-17(25)11-4-10(5-13(6-11)23(26)27)16(24)21-14-7-12(18)2-3-15(14)22-9-19-8-20-22/h2-9H,1H3,(H,21,24). The first kappa shape index (κ1) is 19.2. The van der Waals surface area contributed by atoms with Crippen molar-refractivity contribution < 1.29 is 19.2 Å². The number of methoxy groups -OCH3 is 1. The topological polar surface area (TPSA) is 129 Å². The average molecular weight is 446 g/mol. The zero-order valence-corrected chi connectivity index (χ0v) is 15.9. The highest BCUT2D eigenvalue weighted by molar-refractivity contribution is 9.10. The molecule has 0 aliphatic heterocycles. The summed E-state index contributed by atoms with van der Waals surface area (Å²) in [4.78, 5) is 38.8. The molecule has 0 spiro atoms. The second-order valence-corrected chi connectivity index (χ2v) is 6.39. The molecule has 0 saturated heterocycles. The van der Waals surface area contributed by atoms with Crippen LogP contribution in [-0.4, -0.2) is 38.7 Å². The number of halogens is 1. The van der Waals surface area contributed by atoms with Crippen LogP contribution in [0.25, 0.3) is 5.69 Å². The van der Waals surface area contributed by atoms with E-state index in [1.165, 1.54) is 23.4 Å². The second-order valence-electron chi connectivity index (χ2n) is 5.47. The summed E-state index contributed by atoms with van der Waals surface area (Å²) in [6.45, 7) is 0. The van der Waals surface area contributed by atoms with E-state index in [-0.39, 0.29) is 11.1 Å². The number of rotatable bonds is 5. The summed E-state index contributed by atoms with van der Waals surface area (Å²) in [5.41, 5.74) is 0.342. The highest BCUT2D eigenvalue weighted by atomic mass is 79.9. The largest absolute Gasteiger partial charge is 0.465 e. The van der Waals surface area contributed by atoms with Crippen LogP contribution in [0.3, 0.4) is 0 Å². The van der Waals surface area contributed by atoms with E-state index in [2.05, 4.69) is 36.1 Å². The van der Waals surface area contributed by atoms with Crippen LogP contribution in [0.2, 0.25) is 0 Å². The summed E-state index contributed by atoms with van der Waals surface area (Å²) in [6.07, 6.45) is 2.80. The first-order valence-electron chi connectivity index (χ1n) is 7.72. The lowest BCUT2D eigenvalue weighted by Gasteiger charge is -2.12. The molecule has 28 heavy (non-hydrogen) atoms. The van der Waals surface area contributed by atoms with Crippen molar-refractivity contribution in [1.29, 1.82) is 0 Å². The number of esters is 1. The highest BCUT2D eigenvalue weighted by Gasteiger charge is 2.19. The molecular formula is C17H12BrN5O5. The number of ether oxygens (including phenoxy) is 1. The average Bonchev–Trinajstić information content (AvgIpc) is 3.21. The van der Waals surface area contributed by atoms with E-state index in [4.69, 9.17) is 0 Å². The van der Waals surface area contributed by atoms with Gasteiger partial charge in [0.15, 0.2) is 0 Å². The lowest BCUT2D eigenvalue weighted by atomic mass is 10.1. The van der Waals surface area contributed by atoms with Gasteiger partial charge in [-0.2, -0.15) is 5.10 Å². The molecule has 1 N–H and O–H groups in total. The Labute approximate surface area is 166 Å². The molecule has 0 aliphatic carbocycles. The smallest absolute Gasteiger partial charge is 0.338 e. The molecule has 0 bridgehead atoms. The van der Waals surface area contributed by atoms with Crippen LogP contribution < -0.4 is 5.32 Å². The highest BCUT2D eigenvalue weighted by Crippen LogP contribution is 2.26. The van der Waals surface area contributed by atoms with Crippen LogP contribution in [0, 0.1) is 10.1 Å². The fourth-order valence-corrected chi connectivity index (χ4v) is 2.78. The SMILES string of the molecule is COC(=O)c1cc(C(=O)Nc2cc(Br)ccc2-n2cncn2)cc([N+](=O)[O-])c1. The number of nitro benzene ring substituents is 1. The van der Waals surface area contributed by atoms with E-state index in [0.717, 1.165) is 19.2 Å². The van der Waals surface area contributed by atoms with Crippen LogP contribution >= 0.6 is 15.9 Å². The predicted molar refractivity (Wildman–Crippen MR) is 101 cm³/mol. The zero-order chi connectivity index (χ0) is 20.3. The minimum Gasteiger partial charge on any atom is -0.465 e. The van der Waals surface area contributed by atoms with Crippen LogP contribution in [0.4, 0.5) is 11.4 Å². The Hall–Kier alpha value is -3.60. The molecule has 1 heterocycles. The number of nitro groups is 1. The molecule has 0 saturated carbocycles. The Kier molecular flexibility index (Phi) is 5.45. The summed E-state index contributed by atoms with van der Waals surface area (Å²) in [7, 11) is 1.15. The van der Waals surface area contributed by atoms with Crippen molar-refractivity contribution in [3.8, 4) is 5.69 Å². The Morgan fingerprint density at radius 2 is 1.96 bits per heavy atom. The second kappa shape index (κ2) is 7.96. The van der Waals surface area contributed by atoms with Crippen LogP contribution in [0.5, 0.6) is 0 Å². The summed E-state index contributed by atoms with van der Waals surface area (Å²) >= 11 is 3.33. The quantitative estimate of drug-likeness (QED) is 0.362. The maximum atomic E-state index is 12.7. The maximum absolute atomic E-state index is 12.7. The van der Waals surface area contributed by atoms with E-state index in [1.54, 1.807) is 18.2 Å². The number of benzene rings is 2.